The number of rotatable bonds is 2. The average molecular weight is 375 g/mol. The van der Waals surface area contributed by atoms with Gasteiger partial charge in [-0.1, -0.05) is 15.9 Å². The first-order chi connectivity index (χ1) is 11.1. The second-order valence-corrected chi connectivity index (χ2v) is 6.07. The van der Waals surface area contributed by atoms with E-state index < -0.39 is 6.16 Å². The van der Waals surface area contributed by atoms with Crippen LogP contribution in [0.15, 0.2) is 34.9 Å². The molecular formula is C15H11BrN4O3. The van der Waals surface area contributed by atoms with E-state index in [1.807, 2.05) is 24.3 Å². The molecule has 0 bridgehead atoms. The number of nitrogens with one attached hydrogen (secondary N) is 1. The first kappa shape index (κ1) is 14.0. The van der Waals surface area contributed by atoms with Gasteiger partial charge >= 0.3 is 6.16 Å². The lowest BCUT2D eigenvalue weighted by atomic mass is 9.95. The Labute approximate surface area is 139 Å². The summed E-state index contributed by atoms with van der Waals surface area (Å²) in [4.78, 5) is 10.9. The monoisotopic (exact) mass is 374 g/mol. The van der Waals surface area contributed by atoms with Crippen LogP contribution in [0.5, 0.6) is 5.88 Å². The molecule has 0 amide bonds. The summed E-state index contributed by atoms with van der Waals surface area (Å²) >= 11 is 3.40. The van der Waals surface area contributed by atoms with Crippen molar-refractivity contribution in [2.24, 2.45) is 0 Å². The van der Waals surface area contributed by atoms with E-state index >= 15 is 0 Å². The Balaban J connectivity index is 1.94. The molecule has 1 aromatic carbocycles. The zero-order chi connectivity index (χ0) is 16.0. The molecule has 23 heavy (non-hydrogen) atoms. The zero-order valence-corrected chi connectivity index (χ0v) is 13.4. The summed E-state index contributed by atoms with van der Waals surface area (Å²) in [7, 11) is 0. The maximum Gasteiger partial charge on any atom is 0.512 e. The van der Waals surface area contributed by atoms with Crippen LogP contribution in [0.4, 0.5) is 4.79 Å². The first-order valence-corrected chi connectivity index (χ1v) is 7.74. The summed E-state index contributed by atoms with van der Waals surface area (Å²) in [5.41, 5.74) is 4.35. The Hall–Kier alpha value is -2.61. The van der Waals surface area contributed by atoms with Crippen LogP contribution in [0.2, 0.25) is 0 Å². The summed E-state index contributed by atoms with van der Waals surface area (Å²) in [6.07, 6.45) is 1.74. The number of aryl methyl sites for hydroxylation is 1. The molecule has 0 unspecified atom stereocenters. The number of carbonyl (C=O) groups is 1. The second kappa shape index (κ2) is 5.24. The smallest absolute Gasteiger partial charge is 0.449 e. The van der Waals surface area contributed by atoms with Crippen LogP contribution < -0.4 is 4.74 Å². The van der Waals surface area contributed by atoms with Gasteiger partial charge in [0.05, 0.1) is 17.6 Å². The summed E-state index contributed by atoms with van der Waals surface area (Å²) in [5.74, 6) is 0.127. The van der Waals surface area contributed by atoms with Gasteiger partial charge in [0.15, 0.2) is 0 Å². The predicted molar refractivity (Wildman–Crippen MR) is 84.9 cm³/mol. The van der Waals surface area contributed by atoms with E-state index in [4.69, 9.17) is 9.84 Å². The fourth-order valence-corrected chi connectivity index (χ4v) is 3.09. The quantitative estimate of drug-likeness (QED) is 0.671. The van der Waals surface area contributed by atoms with Crippen LogP contribution in [0.25, 0.3) is 16.9 Å². The largest absolute Gasteiger partial charge is 0.512 e. The van der Waals surface area contributed by atoms with Gasteiger partial charge in [-0.3, -0.25) is 5.10 Å². The molecule has 4 rings (SSSR count). The van der Waals surface area contributed by atoms with Crippen LogP contribution in [-0.4, -0.2) is 31.2 Å². The number of aromatic nitrogens is 4. The molecule has 0 radical (unpaired) electrons. The van der Waals surface area contributed by atoms with Crippen LogP contribution in [0.3, 0.4) is 0 Å². The number of ether oxygens (including phenoxy) is 1. The minimum atomic E-state index is -1.37. The summed E-state index contributed by atoms with van der Waals surface area (Å²) in [6.45, 7) is 0. The molecule has 116 valence electrons. The van der Waals surface area contributed by atoms with Gasteiger partial charge in [0.1, 0.15) is 0 Å². The van der Waals surface area contributed by atoms with Gasteiger partial charge in [-0.25, -0.2) is 9.48 Å². The van der Waals surface area contributed by atoms with Gasteiger partial charge in [0.2, 0.25) is 5.88 Å². The SMILES string of the molecule is O=C(O)Oc1nn(-c2ccc(Br)cc2)c2c1CCc1[nH]ncc1-2. The zero-order valence-electron chi connectivity index (χ0n) is 11.8. The Bertz CT molecular complexity index is 898. The highest BCUT2D eigenvalue weighted by Crippen LogP contribution is 2.39. The van der Waals surface area contributed by atoms with E-state index in [1.165, 1.54) is 0 Å². The number of carboxylic acid groups (broad SMARTS) is 1. The van der Waals surface area contributed by atoms with Gasteiger partial charge < -0.3 is 9.84 Å². The molecule has 0 fully saturated rings. The maximum atomic E-state index is 10.9. The lowest BCUT2D eigenvalue weighted by molar-refractivity contribution is 0.142. The number of aromatic amines is 1. The third-order valence-electron chi connectivity index (χ3n) is 3.80. The van der Waals surface area contributed by atoms with Gasteiger partial charge in [0.25, 0.3) is 0 Å². The van der Waals surface area contributed by atoms with Crippen LogP contribution >= 0.6 is 15.9 Å². The van der Waals surface area contributed by atoms with Gasteiger partial charge in [0, 0.05) is 21.3 Å². The minimum Gasteiger partial charge on any atom is -0.449 e. The summed E-state index contributed by atoms with van der Waals surface area (Å²) in [6, 6.07) is 7.60. The average Bonchev–Trinajstić information content (AvgIpc) is 3.12. The Morgan fingerprint density at radius 1 is 1.30 bits per heavy atom. The number of hydrogen-bond acceptors (Lipinski definition) is 4. The number of benzene rings is 1. The summed E-state index contributed by atoms with van der Waals surface area (Å²) in [5, 5.41) is 20.4. The van der Waals surface area contributed by atoms with E-state index in [1.54, 1.807) is 10.9 Å². The molecule has 1 aliphatic rings. The highest BCUT2D eigenvalue weighted by atomic mass is 79.9. The maximum absolute atomic E-state index is 10.9. The number of fused-ring (bicyclic) bond motifs is 3. The summed E-state index contributed by atoms with van der Waals surface area (Å²) < 4.78 is 7.53. The van der Waals surface area contributed by atoms with E-state index in [0.29, 0.717) is 6.42 Å². The molecule has 0 saturated carbocycles. The Morgan fingerprint density at radius 2 is 2.09 bits per heavy atom. The molecule has 0 aliphatic heterocycles. The number of hydrogen-bond donors (Lipinski definition) is 2. The van der Waals surface area contributed by atoms with E-state index in [-0.39, 0.29) is 5.88 Å². The third kappa shape index (κ3) is 2.31. The molecule has 1 aliphatic carbocycles. The van der Waals surface area contributed by atoms with E-state index in [2.05, 4.69) is 31.2 Å². The van der Waals surface area contributed by atoms with E-state index in [0.717, 1.165) is 39.1 Å². The van der Waals surface area contributed by atoms with Gasteiger partial charge in [-0.05, 0) is 37.1 Å². The molecule has 7 nitrogen and oxygen atoms in total. The fraction of sp³-hybridized carbons (Fsp3) is 0.133. The molecule has 3 aromatic rings. The van der Waals surface area contributed by atoms with Crippen molar-refractivity contribution in [1.82, 2.24) is 20.0 Å². The highest BCUT2D eigenvalue weighted by molar-refractivity contribution is 9.10. The van der Waals surface area contributed by atoms with Crippen molar-refractivity contribution in [1.29, 1.82) is 0 Å². The van der Waals surface area contributed by atoms with Gasteiger partial charge in [-0.2, -0.15) is 5.10 Å². The van der Waals surface area contributed by atoms with Crippen molar-refractivity contribution in [3.8, 4) is 22.8 Å². The third-order valence-corrected chi connectivity index (χ3v) is 4.33. The van der Waals surface area contributed by atoms with Crippen molar-refractivity contribution in [2.45, 2.75) is 12.8 Å². The second-order valence-electron chi connectivity index (χ2n) is 5.15. The van der Waals surface area contributed by atoms with Crippen molar-refractivity contribution in [3.05, 3.63) is 46.2 Å². The minimum absolute atomic E-state index is 0.127. The molecule has 0 spiro atoms. The first-order valence-electron chi connectivity index (χ1n) is 6.94. The fourth-order valence-electron chi connectivity index (χ4n) is 2.82. The van der Waals surface area contributed by atoms with Crippen molar-refractivity contribution < 1.29 is 14.6 Å². The van der Waals surface area contributed by atoms with Crippen LogP contribution in [0.1, 0.15) is 11.3 Å². The molecule has 0 atom stereocenters. The van der Waals surface area contributed by atoms with Crippen LogP contribution in [-0.2, 0) is 12.8 Å². The molecule has 2 N–H and O–H groups in total. The Kier molecular flexibility index (Phi) is 3.19. The lowest BCUT2D eigenvalue weighted by Gasteiger charge is -2.14. The standard InChI is InChI=1S/C15H11BrN4O3/c16-8-1-3-9(4-2-8)20-13-10(14(19-20)23-15(21)22)5-6-12-11(13)7-17-18-12/h1-4,7H,5-6H2,(H,17,18)(H,21,22). The predicted octanol–water partition coefficient (Wildman–Crippen LogP) is 3.18. The molecular weight excluding hydrogens is 364 g/mol. The molecule has 0 saturated heterocycles. The van der Waals surface area contributed by atoms with Crippen LogP contribution in [0, 0.1) is 0 Å². The number of H-pyrrole nitrogens is 1. The van der Waals surface area contributed by atoms with Crippen molar-refractivity contribution >= 4 is 22.1 Å². The number of nitrogens with zero attached hydrogens (tertiary/aromatic N) is 3. The topological polar surface area (TPSA) is 93.0 Å². The highest BCUT2D eigenvalue weighted by Gasteiger charge is 2.29. The molecule has 8 heteroatoms. The molecule has 2 heterocycles. The number of halogens is 1. The normalized spacial score (nSPS) is 12.6. The van der Waals surface area contributed by atoms with E-state index in [9.17, 15) is 4.79 Å². The van der Waals surface area contributed by atoms with Gasteiger partial charge in [-0.15, -0.1) is 5.10 Å². The lowest BCUT2D eigenvalue weighted by Crippen LogP contribution is -2.07. The van der Waals surface area contributed by atoms with Crippen molar-refractivity contribution in [3.63, 3.8) is 0 Å². The van der Waals surface area contributed by atoms with Crippen molar-refractivity contribution in [2.75, 3.05) is 0 Å². The Morgan fingerprint density at radius 3 is 2.83 bits per heavy atom. The molecule has 2 aromatic heterocycles.